The number of hydrogen-bond donors (Lipinski definition) is 1. The van der Waals surface area contributed by atoms with Crippen LogP contribution < -0.4 is 5.32 Å². The molecule has 10 heteroatoms. The van der Waals surface area contributed by atoms with Gasteiger partial charge in [-0.1, -0.05) is 12.1 Å². The van der Waals surface area contributed by atoms with Gasteiger partial charge in [-0.15, -0.1) is 0 Å². The summed E-state index contributed by atoms with van der Waals surface area (Å²) in [5.74, 6) is -1.01. The van der Waals surface area contributed by atoms with E-state index in [4.69, 9.17) is 0 Å². The first kappa shape index (κ1) is 17.3. The predicted molar refractivity (Wildman–Crippen MR) is 90.2 cm³/mol. The van der Waals surface area contributed by atoms with Gasteiger partial charge in [0, 0.05) is 12.7 Å². The van der Waals surface area contributed by atoms with Crippen molar-refractivity contribution in [1.82, 2.24) is 19.6 Å². The monoisotopic (exact) mass is 358 g/mol. The molecule has 9 nitrogen and oxygen atoms in total. The highest BCUT2D eigenvalue weighted by atomic mass is 19.1. The number of hydrogen-bond acceptors (Lipinski definition) is 5. The third-order valence-corrected chi connectivity index (χ3v) is 3.63. The Bertz CT molecular complexity index is 947. The Hall–Kier alpha value is -3.56. The molecule has 0 spiro atoms. The van der Waals surface area contributed by atoms with E-state index in [2.05, 4.69) is 15.5 Å². The van der Waals surface area contributed by atoms with E-state index in [0.717, 1.165) is 5.56 Å². The molecule has 1 amide bonds. The summed E-state index contributed by atoms with van der Waals surface area (Å²) >= 11 is 0. The van der Waals surface area contributed by atoms with Crippen LogP contribution in [0.25, 0.3) is 0 Å². The van der Waals surface area contributed by atoms with E-state index in [9.17, 15) is 19.3 Å². The summed E-state index contributed by atoms with van der Waals surface area (Å²) in [5, 5.41) is 21.6. The van der Waals surface area contributed by atoms with Crippen molar-refractivity contribution >= 4 is 17.3 Å². The number of aromatic nitrogens is 4. The van der Waals surface area contributed by atoms with Gasteiger partial charge in [0.2, 0.25) is 5.69 Å². The molecule has 0 saturated carbocycles. The molecule has 0 aliphatic rings. The smallest absolute Gasteiger partial charge is 0.318 e. The fourth-order valence-electron chi connectivity index (χ4n) is 2.35. The lowest BCUT2D eigenvalue weighted by atomic mass is 10.2. The summed E-state index contributed by atoms with van der Waals surface area (Å²) in [4.78, 5) is 22.7. The summed E-state index contributed by atoms with van der Waals surface area (Å²) in [5.41, 5.74) is 0.591. The number of anilines is 1. The number of rotatable bonds is 6. The minimum atomic E-state index is -0.690. The normalized spacial score (nSPS) is 10.7. The average Bonchev–Trinajstić information content (AvgIpc) is 3.23. The van der Waals surface area contributed by atoms with E-state index >= 15 is 0 Å². The van der Waals surface area contributed by atoms with E-state index in [1.807, 2.05) is 0 Å². The highest BCUT2D eigenvalue weighted by Crippen LogP contribution is 2.18. The summed E-state index contributed by atoms with van der Waals surface area (Å²) in [6.45, 7) is 2.56. The minimum absolute atomic E-state index is 0.261. The SMILES string of the molecule is CCn1cc([N+](=O)[O-])c(C(=O)Nc2cnn(Cc3ccc(F)cc3)c2)n1. The first-order chi connectivity index (χ1) is 12.5. The largest absolute Gasteiger partial charge is 0.320 e. The number of aryl methyl sites for hydroxylation is 1. The van der Waals surface area contributed by atoms with Crippen molar-refractivity contribution in [3.63, 3.8) is 0 Å². The fraction of sp³-hybridized carbons (Fsp3) is 0.188. The van der Waals surface area contributed by atoms with Gasteiger partial charge >= 0.3 is 5.69 Å². The molecule has 0 unspecified atom stereocenters. The van der Waals surface area contributed by atoms with Gasteiger partial charge in [0.25, 0.3) is 5.91 Å². The highest BCUT2D eigenvalue weighted by Gasteiger charge is 2.25. The summed E-state index contributed by atoms with van der Waals surface area (Å²) in [6.07, 6.45) is 4.21. The Morgan fingerprint density at radius 2 is 2.00 bits per heavy atom. The summed E-state index contributed by atoms with van der Waals surface area (Å²) in [6, 6.07) is 5.97. The number of carbonyl (C=O) groups is 1. The number of halogens is 1. The molecule has 0 aliphatic heterocycles. The summed E-state index contributed by atoms with van der Waals surface area (Å²) in [7, 11) is 0. The van der Waals surface area contributed by atoms with Crippen LogP contribution in [-0.4, -0.2) is 30.4 Å². The van der Waals surface area contributed by atoms with Crippen LogP contribution >= 0.6 is 0 Å². The second-order valence-electron chi connectivity index (χ2n) is 5.48. The Morgan fingerprint density at radius 3 is 2.65 bits per heavy atom. The van der Waals surface area contributed by atoms with Crippen LogP contribution in [0.2, 0.25) is 0 Å². The maximum Gasteiger partial charge on any atom is 0.320 e. The zero-order valence-corrected chi connectivity index (χ0v) is 13.8. The quantitative estimate of drug-likeness (QED) is 0.538. The second kappa shape index (κ2) is 7.13. The molecule has 2 aromatic heterocycles. The zero-order valence-electron chi connectivity index (χ0n) is 13.8. The average molecular weight is 358 g/mol. The molecule has 2 heterocycles. The third kappa shape index (κ3) is 3.74. The minimum Gasteiger partial charge on any atom is -0.318 e. The van der Waals surface area contributed by atoms with Gasteiger partial charge in [0.1, 0.15) is 12.0 Å². The molecular formula is C16H15FN6O3. The molecular weight excluding hydrogens is 343 g/mol. The Labute approximate surface area is 147 Å². The molecule has 0 atom stereocenters. The molecule has 1 aromatic carbocycles. The third-order valence-electron chi connectivity index (χ3n) is 3.63. The molecule has 0 saturated heterocycles. The molecule has 1 N–H and O–H groups in total. The maximum absolute atomic E-state index is 12.9. The highest BCUT2D eigenvalue weighted by molar-refractivity contribution is 6.05. The molecule has 0 bridgehead atoms. The van der Waals surface area contributed by atoms with Gasteiger partial charge in [0.15, 0.2) is 0 Å². The second-order valence-corrected chi connectivity index (χ2v) is 5.48. The number of nitro groups is 1. The van der Waals surface area contributed by atoms with Crippen molar-refractivity contribution in [2.45, 2.75) is 20.0 Å². The van der Waals surface area contributed by atoms with Crippen molar-refractivity contribution < 1.29 is 14.1 Å². The number of amides is 1. The Balaban J connectivity index is 1.72. The molecule has 134 valence electrons. The Kier molecular flexibility index (Phi) is 4.74. The van der Waals surface area contributed by atoms with Crippen LogP contribution in [0.3, 0.4) is 0 Å². The molecule has 3 aromatic rings. The molecule has 0 fully saturated rings. The van der Waals surface area contributed by atoms with E-state index in [1.54, 1.807) is 29.9 Å². The van der Waals surface area contributed by atoms with Crippen molar-refractivity contribution in [2.75, 3.05) is 5.32 Å². The van der Waals surface area contributed by atoms with E-state index in [0.29, 0.717) is 18.8 Å². The molecule has 26 heavy (non-hydrogen) atoms. The van der Waals surface area contributed by atoms with Crippen molar-refractivity contribution in [3.8, 4) is 0 Å². The van der Waals surface area contributed by atoms with E-state index in [-0.39, 0.29) is 17.2 Å². The number of nitrogens with one attached hydrogen (secondary N) is 1. The van der Waals surface area contributed by atoms with Crippen molar-refractivity contribution in [1.29, 1.82) is 0 Å². The maximum atomic E-state index is 12.9. The first-order valence-corrected chi connectivity index (χ1v) is 7.76. The van der Waals surface area contributed by atoms with Crippen molar-refractivity contribution in [2.24, 2.45) is 0 Å². The van der Waals surface area contributed by atoms with Gasteiger partial charge < -0.3 is 5.32 Å². The van der Waals surface area contributed by atoms with Gasteiger partial charge in [-0.2, -0.15) is 10.2 Å². The van der Waals surface area contributed by atoms with Crippen LogP contribution in [0, 0.1) is 15.9 Å². The van der Waals surface area contributed by atoms with Gasteiger partial charge in [-0.3, -0.25) is 24.3 Å². The summed E-state index contributed by atoms with van der Waals surface area (Å²) < 4.78 is 15.8. The fourth-order valence-corrected chi connectivity index (χ4v) is 2.35. The predicted octanol–water partition coefficient (Wildman–Crippen LogP) is 2.45. The Morgan fingerprint density at radius 1 is 1.27 bits per heavy atom. The van der Waals surface area contributed by atoms with Gasteiger partial charge in [0.05, 0.1) is 23.4 Å². The number of nitrogens with zero attached hydrogens (tertiary/aromatic N) is 5. The van der Waals surface area contributed by atoms with Crippen molar-refractivity contribution in [3.05, 3.63) is 70.0 Å². The number of carbonyl (C=O) groups excluding carboxylic acids is 1. The topological polar surface area (TPSA) is 108 Å². The molecule has 0 aliphatic carbocycles. The number of benzene rings is 1. The van der Waals surface area contributed by atoms with Crippen LogP contribution in [0.15, 0.2) is 42.9 Å². The lowest BCUT2D eigenvalue weighted by Gasteiger charge is -2.02. The van der Waals surface area contributed by atoms with Crippen LogP contribution in [0.4, 0.5) is 15.8 Å². The van der Waals surface area contributed by atoms with Crippen LogP contribution in [0.5, 0.6) is 0 Å². The standard InChI is InChI=1S/C16H15FN6O3/c1-2-21-10-14(23(25)26)15(20-21)16(24)19-13-7-18-22(9-13)8-11-3-5-12(17)6-4-11/h3-7,9-10H,2,8H2,1H3,(H,19,24). The lowest BCUT2D eigenvalue weighted by molar-refractivity contribution is -0.385. The molecule has 0 radical (unpaired) electrons. The first-order valence-electron chi connectivity index (χ1n) is 7.76. The lowest BCUT2D eigenvalue weighted by Crippen LogP contribution is -2.14. The molecule has 3 rings (SSSR count). The van der Waals surface area contributed by atoms with E-state index < -0.39 is 10.8 Å². The van der Waals surface area contributed by atoms with Crippen LogP contribution in [0.1, 0.15) is 23.0 Å². The van der Waals surface area contributed by atoms with Gasteiger partial charge in [-0.25, -0.2) is 4.39 Å². The zero-order chi connectivity index (χ0) is 18.7. The van der Waals surface area contributed by atoms with E-state index in [1.165, 1.54) is 29.2 Å². The van der Waals surface area contributed by atoms with Crippen LogP contribution in [-0.2, 0) is 13.1 Å². The van der Waals surface area contributed by atoms with Gasteiger partial charge in [-0.05, 0) is 24.6 Å².